The third-order valence-electron chi connectivity index (χ3n) is 8.44. The molecule has 2 heterocycles. The van der Waals surface area contributed by atoms with Gasteiger partial charge in [-0.15, -0.1) is 0 Å². The van der Waals surface area contributed by atoms with Crippen molar-refractivity contribution >= 4 is 40.4 Å². The fourth-order valence-electron chi connectivity index (χ4n) is 6.01. The van der Waals surface area contributed by atoms with Crippen molar-refractivity contribution in [2.45, 2.75) is 43.8 Å². The number of carbonyl (C=O) groups excluding carboxylic acids is 4. The second-order valence-electron chi connectivity index (χ2n) is 11.5. The van der Waals surface area contributed by atoms with Crippen molar-refractivity contribution in [2.75, 3.05) is 33.8 Å². The molecule has 0 unspecified atom stereocenters. The number of amides is 4. The van der Waals surface area contributed by atoms with Gasteiger partial charge in [0.15, 0.2) is 0 Å². The molecule has 3 aromatic rings. The van der Waals surface area contributed by atoms with Gasteiger partial charge in [-0.3, -0.25) is 19.2 Å². The number of nitrogens with zero attached hydrogens (tertiary/aromatic N) is 3. The number of hydrogen-bond acceptors (Lipinski definition) is 6. The minimum atomic E-state index is -1.37. The summed E-state index contributed by atoms with van der Waals surface area (Å²) in [7, 11) is 2.72. The van der Waals surface area contributed by atoms with E-state index in [2.05, 4.69) is 5.32 Å². The summed E-state index contributed by atoms with van der Waals surface area (Å²) in [5.74, 6) is -3.85. The molecule has 3 aromatic carbocycles. The van der Waals surface area contributed by atoms with Gasteiger partial charge in [-0.1, -0.05) is 42.5 Å². The highest BCUT2D eigenvalue weighted by Gasteiger charge is 2.38. The average Bonchev–Trinajstić information content (AvgIpc) is 3.41. The van der Waals surface area contributed by atoms with Crippen molar-refractivity contribution in [3.8, 4) is 5.75 Å². The van der Waals surface area contributed by atoms with Crippen LogP contribution in [-0.4, -0.2) is 101 Å². The van der Waals surface area contributed by atoms with Crippen molar-refractivity contribution in [2.24, 2.45) is 0 Å². The highest BCUT2D eigenvalue weighted by atomic mass is 19.1. The van der Waals surface area contributed by atoms with Gasteiger partial charge in [-0.25, -0.2) is 9.18 Å². The Morgan fingerprint density at radius 3 is 2.56 bits per heavy atom. The van der Waals surface area contributed by atoms with E-state index in [4.69, 9.17) is 4.74 Å². The van der Waals surface area contributed by atoms with Crippen LogP contribution >= 0.6 is 0 Å². The molecular formula is C33H35FN4O7. The Labute approximate surface area is 259 Å². The number of nitrogens with one attached hydrogen (secondary N) is 1. The largest absolute Gasteiger partial charge is 0.491 e. The molecule has 2 aliphatic heterocycles. The molecule has 1 fully saturated rings. The van der Waals surface area contributed by atoms with Crippen LogP contribution in [0.5, 0.6) is 5.75 Å². The molecule has 45 heavy (non-hydrogen) atoms. The van der Waals surface area contributed by atoms with Gasteiger partial charge in [0, 0.05) is 33.1 Å². The number of ether oxygens (including phenoxy) is 1. The van der Waals surface area contributed by atoms with E-state index in [-0.39, 0.29) is 62.1 Å². The Morgan fingerprint density at radius 2 is 1.78 bits per heavy atom. The number of rotatable bonds is 4. The summed E-state index contributed by atoms with van der Waals surface area (Å²) in [6.45, 7) is -0.174. The van der Waals surface area contributed by atoms with Crippen LogP contribution < -0.4 is 10.1 Å². The fraction of sp³-hybridized carbons (Fsp3) is 0.364. The van der Waals surface area contributed by atoms with Crippen molar-refractivity contribution < 1.29 is 38.2 Å². The molecule has 0 spiro atoms. The van der Waals surface area contributed by atoms with E-state index >= 15 is 0 Å². The summed E-state index contributed by atoms with van der Waals surface area (Å²) in [5, 5.41) is 14.8. The van der Waals surface area contributed by atoms with Gasteiger partial charge in [-0.05, 0) is 47.4 Å². The van der Waals surface area contributed by atoms with Crippen molar-refractivity contribution in [1.29, 1.82) is 0 Å². The van der Waals surface area contributed by atoms with E-state index in [0.29, 0.717) is 6.42 Å². The smallest absolute Gasteiger partial charge is 0.326 e. The number of carboxylic acid groups (broad SMARTS) is 1. The molecule has 2 N–H and O–H groups in total. The first-order valence-electron chi connectivity index (χ1n) is 14.7. The van der Waals surface area contributed by atoms with Crippen LogP contribution in [0, 0.1) is 5.82 Å². The maximum Gasteiger partial charge on any atom is 0.326 e. The molecule has 3 atom stereocenters. The van der Waals surface area contributed by atoms with Crippen LogP contribution in [0.4, 0.5) is 4.39 Å². The van der Waals surface area contributed by atoms with Gasteiger partial charge in [0.1, 0.15) is 24.2 Å². The maximum atomic E-state index is 14.3. The van der Waals surface area contributed by atoms with Gasteiger partial charge in [0.2, 0.25) is 17.7 Å². The van der Waals surface area contributed by atoms with Crippen LogP contribution in [-0.2, 0) is 25.6 Å². The lowest BCUT2D eigenvalue weighted by molar-refractivity contribution is -0.143. The zero-order valence-electron chi connectivity index (χ0n) is 25.1. The van der Waals surface area contributed by atoms with Crippen molar-refractivity contribution in [1.82, 2.24) is 20.0 Å². The van der Waals surface area contributed by atoms with Gasteiger partial charge >= 0.3 is 5.97 Å². The van der Waals surface area contributed by atoms with Gasteiger partial charge < -0.3 is 29.9 Å². The molecule has 11 nitrogen and oxygen atoms in total. The third-order valence-corrected chi connectivity index (χ3v) is 8.44. The van der Waals surface area contributed by atoms with Crippen LogP contribution in [0.15, 0.2) is 60.7 Å². The molecule has 236 valence electrons. The van der Waals surface area contributed by atoms with E-state index in [1.807, 2.05) is 42.5 Å². The minimum Gasteiger partial charge on any atom is -0.491 e. The summed E-state index contributed by atoms with van der Waals surface area (Å²) < 4.78 is 20.3. The lowest BCUT2D eigenvalue weighted by Gasteiger charge is -2.27. The minimum absolute atomic E-state index is 0.0243. The normalized spacial score (nSPS) is 21.4. The quantitative estimate of drug-likeness (QED) is 0.459. The molecule has 2 aliphatic rings. The summed E-state index contributed by atoms with van der Waals surface area (Å²) in [5.41, 5.74) is 0.694. The standard InChI is InChI=1S/C33H35FN4O7/c1-36-18-31(41)38-17-23(35-29(39)14-21-8-5-7-20-6-3-4-9-25(20)21)16-24(38)19-45-28-12-10-22(34)15-26(28)32(42)37(2)27(33(43)44)11-13-30(36)40/h3-10,12,15,23-24,27H,11,13-14,16-19H2,1-2H3,(H,35,39)(H,43,44)/t23-,24-,27-/m0/s1. The molecule has 1 saturated heterocycles. The van der Waals surface area contributed by atoms with E-state index in [9.17, 15) is 33.5 Å². The molecule has 0 bridgehead atoms. The molecule has 4 amide bonds. The Morgan fingerprint density at radius 1 is 1.02 bits per heavy atom. The van der Waals surface area contributed by atoms with Crippen LogP contribution in [0.25, 0.3) is 10.8 Å². The molecule has 0 saturated carbocycles. The van der Waals surface area contributed by atoms with E-state index in [1.54, 1.807) is 4.90 Å². The maximum absolute atomic E-state index is 14.3. The summed E-state index contributed by atoms with van der Waals surface area (Å²) in [6.07, 6.45) is 0.0466. The molecule has 0 radical (unpaired) electrons. The summed E-state index contributed by atoms with van der Waals surface area (Å²) in [6, 6.07) is 14.7. The van der Waals surface area contributed by atoms with E-state index < -0.39 is 41.7 Å². The average molecular weight is 619 g/mol. The SMILES string of the molecule is CN1CC(=O)N2C[C@@H](NC(=O)Cc3cccc4ccccc34)C[C@H]2COc2ccc(F)cc2C(=O)N(C)[C@H](C(=O)O)CCC1=O. The van der Waals surface area contributed by atoms with Gasteiger partial charge in [-0.2, -0.15) is 0 Å². The first-order valence-corrected chi connectivity index (χ1v) is 14.7. The Bertz CT molecular complexity index is 1640. The lowest BCUT2D eigenvalue weighted by atomic mass is 10.0. The van der Waals surface area contributed by atoms with Gasteiger partial charge in [0.05, 0.1) is 24.6 Å². The highest BCUT2D eigenvalue weighted by molar-refractivity contribution is 5.99. The predicted octanol–water partition coefficient (Wildman–Crippen LogP) is 2.46. The monoisotopic (exact) mass is 618 g/mol. The number of likely N-dealkylation sites (N-methyl/N-ethyl adjacent to an activating group) is 2. The Kier molecular flexibility index (Phi) is 9.31. The third kappa shape index (κ3) is 7.05. The number of carboxylic acids is 1. The van der Waals surface area contributed by atoms with Crippen LogP contribution in [0.3, 0.4) is 0 Å². The zero-order valence-corrected chi connectivity index (χ0v) is 25.1. The first-order chi connectivity index (χ1) is 21.5. The fourth-order valence-corrected chi connectivity index (χ4v) is 6.01. The number of carbonyl (C=O) groups is 5. The number of hydrogen-bond donors (Lipinski definition) is 2. The Hall–Kier alpha value is -5.00. The summed E-state index contributed by atoms with van der Waals surface area (Å²) >= 11 is 0. The van der Waals surface area contributed by atoms with Crippen LogP contribution in [0.2, 0.25) is 0 Å². The number of benzene rings is 3. The summed E-state index contributed by atoms with van der Waals surface area (Å²) in [4.78, 5) is 68.6. The lowest BCUT2D eigenvalue weighted by Crippen LogP contribution is -2.46. The van der Waals surface area contributed by atoms with Crippen molar-refractivity contribution in [3.63, 3.8) is 0 Å². The Balaban J connectivity index is 1.38. The topological polar surface area (TPSA) is 137 Å². The van der Waals surface area contributed by atoms with Crippen molar-refractivity contribution in [3.05, 3.63) is 77.6 Å². The second kappa shape index (κ2) is 13.3. The zero-order chi connectivity index (χ0) is 32.2. The second-order valence-corrected chi connectivity index (χ2v) is 11.5. The molecule has 0 aromatic heterocycles. The molecule has 12 heteroatoms. The highest BCUT2D eigenvalue weighted by Crippen LogP contribution is 2.26. The van der Waals surface area contributed by atoms with Crippen LogP contribution in [0.1, 0.15) is 35.2 Å². The van der Waals surface area contributed by atoms with E-state index in [1.165, 1.54) is 25.1 Å². The number of fused-ring (bicyclic) bond motifs is 3. The van der Waals surface area contributed by atoms with E-state index in [0.717, 1.165) is 33.4 Å². The van der Waals surface area contributed by atoms with Gasteiger partial charge in [0.25, 0.3) is 5.91 Å². The molecule has 0 aliphatic carbocycles. The number of aliphatic carboxylic acids is 1. The predicted molar refractivity (Wildman–Crippen MR) is 162 cm³/mol. The number of halogens is 1. The first kappa shape index (κ1) is 31.4. The molecular weight excluding hydrogens is 583 g/mol. The molecule has 5 rings (SSSR count).